The van der Waals surface area contributed by atoms with Crippen molar-refractivity contribution in [3.05, 3.63) is 96.6 Å². The van der Waals surface area contributed by atoms with Crippen LogP contribution in [0.2, 0.25) is 19.6 Å². The van der Waals surface area contributed by atoms with Gasteiger partial charge >= 0.3 is 0 Å². The Morgan fingerprint density at radius 3 is 1.47 bits per heavy atom. The van der Waals surface area contributed by atoms with Crippen molar-refractivity contribution in [1.82, 2.24) is 4.57 Å². The minimum atomic E-state index is -1.72. The average molecular weight is 433 g/mol. The minimum absolute atomic E-state index is 0.0203. The van der Waals surface area contributed by atoms with Crippen LogP contribution in [-0.2, 0) is 0 Å². The smallest absolute Gasteiger partial charge is 0.150 e. The Labute approximate surface area is 184 Å². The Hall–Kier alpha value is -2.22. The molecule has 0 heterocycles. The molecule has 0 atom stereocenters. The molecular formula is C26H33N2PSi. The standard InChI is InChI=1S/C26H33N2PSi/c1-26(2,3)28(30(4,5)6)25(22-16-10-7-11-17-22)27-29(23-18-12-8-13-19-23)24-20-14-9-15-21-24/h7-21H,1-6H3/b27-25+. The Morgan fingerprint density at radius 1 is 0.700 bits per heavy atom. The molecule has 0 fully saturated rings. The molecule has 30 heavy (non-hydrogen) atoms. The number of hydrogen-bond acceptors (Lipinski definition) is 1. The van der Waals surface area contributed by atoms with E-state index in [0.717, 1.165) is 5.84 Å². The van der Waals surface area contributed by atoms with E-state index in [9.17, 15) is 0 Å². The molecule has 0 bridgehead atoms. The van der Waals surface area contributed by atoms with Gasteiger partial charge in [0.25, 0.3) is 0 Å². The highest BCUT2D eigenvalue weighted by atomic mass is 31.1. The Balaban J connectivity index is 2.27. The summed E-state index contributed by atoms with van der Waals surface area (Å²) >= 11 is 0. The zero-order valence-corrected chi connectivity index (χ0v) is 20.9. The van der Waals surface area contributed by atoms with Crippen molar-refractivity contribution in [3.63, 3.8) is 0 Å². The van der Waals surface area contributed by atoms with Crippen molar-refractivity contribution >= 4 is 32.8 Å². The molecular weight excluding hydrogens is 399 g/mol. The number of benzene rings is 3. The molecule has 0 aliphatic rings. The quantitative estimate of drug-likeness (QED) is 0.197. The molecule has 0 saturated carbocycles. The van der Waals surface area contributed by atoms with E-state index < -0.39 is 16.3 Å². The van der Waals surface area contributed by atoms with Gasteiger partial charge in [0.2, 0.25) is 0 Å². The monoisotopic (exact) mass is 432 g/mol. The molecule has 0 saturated heterocycles. The molecule has 0 N–H and O–H groups in total. The van der Waals surface area contributed by atoms with Crippen LogP contribution in [0.25, 0.3) is 0 Å². The number of nitrogens with zero attached hydrogens (tertiary/aromatic N) is 2. The predicted octanol–water partition coefficient (Wildman–Crippen LogP) is 6.42. The van der Waals surface area contributed by atoms with Crippen LogP contribution in [-0.4, -0.2) is 24.2 Å². The van der Waals surface area contributed by atoms with Gasteiger partial charge in [-0.15, -0.1) is 0 Å². The maximum Gasteiger partial charge on any atom is 0.150 e. The lowest BCUT2D eigenvalue weighted by molar-refractivity contribution is 0.347. The molecule has 3 rings (SSSR count). The number of amidine groups is 1. The molecule has 2 nitrogen and oxygen atoms in total. The summed E-state index contributed by atoms with van der Waals surface area (Å²) in [6.45, 7) is 14.1. The highest BCUT2D eigenvalue weighted by molar-refractivity contribution is 7.72. The molecule has 0 radical (unpaired) electrons. The second kappa shape index (κ2) is 9.28. The summed E-state index contributed by atoms with van der Waals surface area (Å²) < 4.78 is 8.17. The van der Waals surface area contributed by atoms with Crippen molar-refractivity contribution in [2.45, 2.75) is 46.0 Å². The Kier molecular flexibility index (Phi) is 6.95. The fourth-order valence-electron chi connectivity index (χ4n) is 3.96. The zero-order valence-electron chi connectivity index (χ0n) is 19.0. The summed E-state index contributed by atoms with van der Waals surface area (Å²) in [5, 5.41) is 2.55. The van der Waals surface area contributed by atoms with Gasteiger partial charge in [0.15, 0.2) is 0 Å². The first-order chi connectivity index (χ1) is 14.2. The van der Waals surface area contributed by atoms with E-state index in [4.69, 9.17) is 4.76 Å². The van der Waals surface area contributed by atoms with E-state index in [1.165, 1.54) is 16.2 Å². The zero-order chi connectivity index (χ0) is 21.8. The summed E-state index contributed by atoms with van der Waals surface area (Å²) in [5.41, 5.74) is 1.17. The summed E-state index contributed by atoms with van der Waals surface area (Å²) in [4.78, 5) is 0. The van der Waals surface area contributed by atoms with Crippen LogP contribution < -0.4 is 10.6 Å². The fourth-order valence-corrected chi connectivity index (χ4v) is 8.70. The van der Waals surface area contributed by atoms with E-state index in [-0.39, 0.29) is 5.54 Å². The van der Waals surface area contributed by atoms with Gasteiger partial charge in [0.1, 0.15) is 14.1 Å². The molecule has 156 valence electrons. The third kappa shape index (κ3) is 5.47. The Morgan fingerprint density at radius 2 is 1.10 bits per heavy atom. The van der Waals surface area contributed by atoms with E-state index in [1.807, 2.05) is 0 Å². The highest BCUT2D eigenvalue weighted by Crippen LogP contribution is 2.38. The first-order valence-corrected chi connectivity index (χ1v) is 15.3. The Bertz CT molecular complexity index is 905. The average Bonchev–Trinajstić information content (AvgIpc) is 2.71. The normalized spacial score (nSPS) is 12.8. The van der Waals surface area contributed by atoms with Crippen molar-refractivity contribution in [1.29, 1.82) is 0 Å². The van der Waals surface area contributed by atoms with Gasteiger partial charge in [-0.2, -0.15) is 0 Å². The third-order valence-electron chi connectivity index (χ3n) is 4.78. The van der Waals surface area contributed by atoms with E-state index >= 15 is 0 Å². The van der Waals surface area contributed by atoms with Crippen molar-refractivity contribution < 1.29 is 0 Å². The summed E-state index contributed by atoms with van der Waals surface area (Å²) in [6, 6.07) is 32.2. The number of hydrogen-bond donors (Lipinski definition) is 0. The lowest BCUT2D eigenvalue weighted by Gasteiger charge is -2.47. The van der Waals surface area contributed by atoms with E-state index in [1.54, 1.807) is 0 Å². The summed E-state index contributed by atoms with van der Waals surface area (Å²) in [6.07, 6.45) is 0. The first kappa shape index (κ1) is 22.5. The SMILES string of the molecule is CC(C)(C)N(/C(=N/P(c1ccccc1)c1ccccc1)c1ccccc1)[Si](C)(C)C. The maximum absolute atomic E-state index is 5.56. The molecule has 3 aromatic carbocycles. The lowest BCUT2D eigenvalue weighted by Crippen LogP contribution is -2.59. The van der Waals surface area contributed by atoms with Crippen LogP contribution >= 0.6 is 8.07 Å². The summed E-state index contributed by atoms with van der Waals surface area (Å²) in [7, 11) is -2.60. The van der Waals surface area contributed by atoms with E-state index in [2.05, 4.69) is 136 Å². The van der Waals surface area contributed by atoms with Crippen LogP contribution in [0.5, 0.6) is 0 Å². The van der Waals surface area contributed by atoms with Crippen LogP contribution in [0, 0.1) is 0 Å². The van der Waals surface area contributed by atoms with Crippen LogP contribution in [0.4, 0.5) is 0 Å². The second-order valence-electron chi connectivity index (χ2n) is 9.45. The summed E-state index contributed by atoms with van der Waals surface area (Å²) in [5.74, 6) is 1.11. The minimum Gasteiger partial charge on any atom is -0.379 e. The molecule has 4 heteroatoms. The largest absolute Gasteiger partial charge is 0.379 e. The number of rotatable bonds is 5. The van der Waals surface area contributed by atoms with E-state index in [0.29, 0.717) is 0 Å². The lowest BCUT2D eigenvalue weighted by atomic mass is 10.1. The highest BCUT2D eigenvalue weighted by Gasteiger charge is 2.36. The molecule has 0 amide bonds. The van der Waals surface area contributed by atoms with Gasteiger partial charge in [0, 0.05) is 21.7 Å². The first-order valence-electron chi connectivity index (χ1n) is 10.5. The third-order valence-corrected chi connectivity index (χ3v) is 8.97. The maximum atomic E-state index is 5.56. The molecule has 0 aliphatic heterocycles. The van der Waals surface area contributed by atoms with Gasteiger partial charge in [0.05, 0.1) is 8.07 Å². The van der Waals surface area contributed by atoms with Crippen molar-refractivity contribution in [3.8, 4) is 0 Å². The molecule has 3 aromatic rings. The second-order valence-corrected chi connectivity index (χ2v) is 16.1. The van der Waals surface area contributed by atoms with Crippen LogP contribution in [0.3, 0.4) is 0 Å². The van der Waals surface area contributed by atoms with Crippen molar-refractivity contribution in [2.24, 2.45) is 4.76 Å². The van der Waals surface area contributed by atoms with Gasteiger partial charge in [-0.3, -0.25) is 0 Å². The van der Waals surface area contributed by atoms with Crippen LogP contribution in [0.1, 0.15) is 26.3 Å². The van der Waals surface area contributed by atoms with Gasteiger partial charge < -0.3 is 4.57 Å². The molecule has 0 aromatic heterocycles. The van der Waals surface area contributed by atoms with Gasteiger partial charge in [-0.05, 0) is 20.8 Å². The van der Waals surface area contributed by atoms with Crippen molar-refractivity contribution in [2.75, 3.05) is 0 Å². The predicted molar refractivity (Wildman–Crippen MR) is 137 cm³/mol. The van der Waals surface area contributed by atoms with Gasteiger partial charge in [-0.25, -0.2) is 4.76 Å². The molecule has 0 spiro atoms. The topological polar surface area (TPSA) is 15.6 Å². The van der Waals surface area contributed by atoms with Crippen LogP contribution in [0.15, 0.2) is 95.8 Å². The fraction of sp³-hybridized carbons (Fsp3) is 0.269. The molecule has 0 aliphatic carbocycles. The molecule has 0 unspecified atom stereocenters. The van der Waals surface area contributed by atoms with Gasteiger partial charge in [-0.1, -0.05) is 111 Å².